The Morgan fingerprint density at radius 3 is 2.31 bits per heavy atom. The molecule has 1 heterocycles. The van der Waals surface area contributed by atoms with E-state index in [2.05, 4.69) is 0 Å². The second kappa shape index (κ2) is 3.49. The van der Waals surface area contributed by atoms with Gasteiger partial charge in [-0.25, -0.2) is 4.79 Å². The van der Waals surface area contributed by atoms with E-state index in [0.717, 1.165) is 0 Å². The normalized spacial score (nSPS) is 10.0. The zero-order chi connectivity index (χ0) is 10.2. The Balaban J connectivity index is 3.47. The van der Waals surface area contributed by atoms with Gasteiger partial charge in [-0.1, -0.05) is 23.2 Å². The number of rotatable bonds is 2. The summed E-state index contributed by atoms with van der Waals surface area (Å²) in [6, 6.07) is 0. The summed E-state index contributed by atoms with van der Waals surface area (Å²) in [4.78, 5) is 20.0. The Bertz CT molecular complexity index is 354. The van der Waals surface area contributed by atoms with E-state index in [4.69, 9.17) is 28.3 Å². The lowest BCUT2D eigenvalue weighted by atomic mass is 10.3. The van der Waals surface area contributed by atoms with Crippen molar-refractivity contribution in [1.29, 1.82) is 0 Å². The molecule has 5 nitrogen and oxygen atoms in total. The number of carboxylic acid groups (broad SMARTS) is 1. The summed E-state index contributed by atoms with van der Waals surface area (Å²) in [5.74, 6) is -1.46. The molecule has 0 atom stereocenters. The third-order valence-electron chi connectivity index (χ3n) is 1.20. The van der Waals surface area contributed by atoms with Gasteiger partial charge in [0.25, 0.3) is 0 Å². The predicted molar refractivity (Wildman–Crippen MR) is 48.0 cm³/mol. The van der Waals surface area contributed by atoms with Gasteiger partial charge < -0.3 is 5.11 Å². The summed E-state index contributed by atoms with van der Waals surface area (Å²) in [6.45, 7) is 0. The number of halogens is 2. The molecule has 1 N–H and O–H groups in total. The van der Waals surface area contributed by atoms with Gasteiger partial charge in [0.1, 0.15) is 4.34 Å². The number of hydrogen-bond acceptors (Lipinski definition) is 4. The first-order chi connectivity index (χ1) is 5.95. The van der Waals surface area contributed by atoms with E-state index in [-0.39, 0.29) is 8.67 Å². The van der Waals surface area contributed by atoms with Crippen LogP contribution in [-0.2, 0) is 0 Å². The number of carboxylic acids is 1. The van der Waals surface area contributed by atoms with Crippen molar-refractivity contribution >= 4 is 46.2 Å². The number of hydrogen-bond donors (Lipinski definition) is 1. The van der Waals surface area contributed by atoms with E-state index in [1.807, 2.05) is 0 Å². The van der Waals surface area contributed by atoms with E-state index in [0.29, 0.717) is 11.3 Å². The molecule has 0 radical (unpaired) electrons. The standard InChI is InChI=1S/C5HCl2NO4S/c6-3-1(5(9)10)2(8(11)12)4(7)13-3/h(H,9,10). The fourth-order valence-electron chi connectivity index (χ4n) is 0.718. The topological polar surface area (TPSA) is 80.4 Å². The van der Waals surface area contributed by atoms with Gasteiger partial charge in [-0.3, -0.25) is 10.1 Å². The van der Waals surface area contributed by atoms with E-state index < -0.39 is 22.1 Å². The van der Waals surface area contributed by atoms with Gasteiger partial charge >= 0.3 is 11.7 Å². The molecule has 0 saturated carbocycles. The highest BCUT2D eigenvalue weighted by molar-refractivity contribution is 7.21. The van der Waals surface area contributed by atoms with Crippen molar-refractivity contribution in [3.8, 4) is 0 Å². The monoisotopic (exact) mass is 241 g/mol. The van der Waals surface area contributed by atoms with Crippen LogP contribution in [0.3, 0.4) is 0 Å². The highest BCUT2D eigenvalue weighted by Gasteiger charge is 2.30. The number of nitro groups is 1. The minimum Gasteiger partial charge on any atom is -0.477 e. The van der Waals surface area contributed by atoms with Gasteiger partial charge in [0.15, 0.2) is 9.90 Å². The number of carbonyl (C=O) groups is 1. The summed E-state index contributed by atoms with van der Waals surface area (Å²) in [5.41, 5.74) is -1.20. The molecular formula is C5HCl2NO4S. The largest absolute Gasteiger partial charge is 0.477 e. The molecule has 13 heavy (non-hydrogen) atoms. The predicted octanol–water partition coefficient (Wildman–Crippen LogP) is 2.66. The molecule has 0 saturated heterocycles. The van der Waals surface area contributed by atoms with Crippen molar-refractivity contribution in [1.82, 2.24) is 0 Å². The molecule has 0 spiro atoms. The van der Waals surface area contributed by atoms with Gasteiger partial charge in [0, 0.05) is 0 Å². The third-order valence-corrected chi connectivity index (χ3v) is 2.78. The Morgan fingerprint density at radius 1 is 1.46 bits per heavy atom. The van der Waals surface area contributed by atoms with Crippen LogP contribution in [0.25, 0.3) is 0 Å². The SMILES string of the molecule is O=C(O)c1c(Cl)sc(Cl)c1[N+](=O)[O-]. The lowest BCUT2D eigenvalue weighted by Crippen LogP contribution is -2.00. The molecule has 8 heteroatoms. The first kappa shape index (κ1) is 10.2. The van der Waals surface area contributed by atoms with Crippen LogP contribution in [0, 0.1) is 10.1 Å². The fraction of sp³-hybridized carbons (Fsp3) is 0. The lowest BCUT2D eigenvalue weighted by molar-refractivity contribution is -0.384. The Hall–Kier alpha value is -0.850. The third kappa shape index (κ3) is 1.74. The summed E-state index contributed by atoms with van der Waals surface area (Å²) in [7, 11) is 0. The highest BCUT2D eigenvalue weighted by atomic mass is 35.5. The summed E-state index contributed by atoms with van der Waals surface area (Å²) < 4.78 is -0.420. The van der Waals surface area contributed by atoms with Crippen LogP contribution in [0.4, 0.5) is 5.69 Å². The maximum absolute atomic E-state index is 10.5. The molecule has 0 fully saturated rings. The van der Waals surface area contributed by atoms with E-state index in [1.165, 1.54) is 0 Å². The lowest BCUT2D eigenvalue weighted by Gasteiger charge is -1.90. The number of nitrogens with zero attached hydrogens (tertiary/aromatic N) is 1. The van der Waals surface area contributed by atoms with Gasteiger partial charge in [-0.15, -0.1) is 11.3 Å². The van der Waals surface area contributed by atoms with Crippen LogP contribution in [-0.4, -0.2) is 16.0 Å². The zero-order valence-corrected chi connectivity index (χ0v) is 8.11. The van der Waals surface area contributed by atoms with Crippen LogP contribution in [0.15, 0.2) is 0 Å². The molecular weight excluding hydrogens is 241 g/mol. The maximum Gasteiger partial charge on any atom is 0.345 e. The summed E-state index contributed by atoms with van der Waals surface area (Å²) in [6.07, 6.45) is 0. The number of aromatic carboxylic acids is 1. The molecule has 0 aromatic carbocycles. The first-order valence-corrected chi connectivity index (χ1v) is 4.38. The molecule has 1 rings (SSSR count). The van der Waals surface area contributed by atoms with Gasteiger partial charge in [-0.05, 0) is 0 Å². The zero-order valence-electron chi connectivity index (χ0n) is 5.78. The Labute approximate surface area is 85.7 Å². The van der Waals surface area contributed by atoms with E-state index >= 15 is 0 Å². The molecule has 0 bridgehead atoms. The van der Waals surface area contributed by atoms with Gasteiger partial charge in [0.05, 0.1) is 4.92 Å². The van der Waals surface area contributed by atoms with Crippen molar-refractivity contribution in [2.45, 2.75) is 0 Å². The molecule has 0 aliphatic rings. The second-order valence-corrected chi connectivity index (χ2v) is 4.16. The number of thiophene rings is 1. The van der Waals surface area contributed by atoms with Gasteiger partial charge in [-0.2, -0.15) is 0 Å². The molecule has 1 aromatic rings. The van der Waals surface area contributed by atoms with Crippen LogP contribution in [0.1, 0.15) is 10.4 Å². The van der Waals surface area contributed by atoms with Crippen molar-refractivity contribution in [2.75, 3.05) is 0 Å². The maximum atomic E-state index is 10.5. The fourth-order valence-corrected chi connectivity index (χ4v) is 2.35. The Kier molecular flexibility index (Phi) is 2.74. The Morgan fingerprint density at radius 2 is 2.00 bits per heavy atom. The van der Waals surface area contributed by atoms with Crippen LogP contribution < -0.4 is 0 Å². The van der Waals surface area contributed by atoms with Crippen LogP contribution in [0.2, 0.25) is 8.67 Å². The average Bonchev–Trinajstić information content (AvgIpc) is 2.24. The average molecular weight is 242 g/mol. The highest BCUT2D eigenvalue weighted by Crippen LogP contribution is 2.41. The summed E-state index contributed by atoms with van der Waals surface area (Å²) in [5, 5.41) is 18.9. The molecule has 1 aromatic heterocycles. The van der Waals surface area contributed by atoms with E-state index in [9.17, 15) is 14.9 Å². The first-order valence-electron chi connectivity index (χ1n) is 2.80. The smallest absolute Gasteiger partial charge is 0.345 e. The van der Waals surface area contributed by atoms with Gasteiger partial charge in [0.2, 0.25) is 0 Å². The quantitative estimate of drug-likeness (QED) is 0.638. The summed E-state index contributed by atoms with van der Waals surface area (Å²) >= 11 is 11.5. The molecule has 70 valence electrons. The van der Waals surface area contributed by atoms with Crippen molar-refractivity contribution < 1.29 is 14.8 Å². The second-order valence-electron chi connectivity index (χ2n) is 1.94. The minimum atomic E-state index is -1.46. The molecule has 0 unspecified atom stereocenters. The van der Waals surface area contributed by atoms with Crippen molar-refractivity contribution in [3.63, 3.8) is 0 Å². The van der Waals surface area contributed by atoms with Crippen LogP contribution in [0.5, 0.6) is 0 Å². The molecule has 0 aliphatic heterocycles. The van der Waals surface area contributed by atoms with Crippen molar-refractivity contribution in [2.24, 2.45) is 0 Å². The molecule has 0 aliphatic carbocycles. The van der Waals surface area contributed by atoms with Crippen molar-refractivity contribution in [3.05, 3.63) is 24.4 Å². The minimum absolute atomic E-state index is 0.191. The van der Waals surface area contributed by atoms with E-state index in [1.54, 1.807) is 0 Å². The molecule has 0 amide bonds. The van der Waals surface area contributed by atoms with Crippen LogP contribution >= 0.6 is 34.5 Å².